The van der Waals surface area contributed by atoms with Crippen molar-refractivity contribution >= 4 is 11.9 Å². The van der Waals surface area contributed by atoms with Gasteiger partial charge in [-0.2, -0.15) is 0 Å². The highest BCUT2D eigenvalue weighted by Gasteiger charge is 2.66. The Kier molecular flexibility index (Phi) is 6.50. The van der Waals surface area contributed by atoms with E-state index in [1.165, 1.54) is 7.11 Å². The van der Waals surface area contributed by atoms with Crippen LogP contribution in [0.15, 0.2) is 71.8 Å². The largest absolute Gasteiger partial charge is 0.484 e. The smallest absolute Gasteiger partial charge is 0.339 e. The predicted octanol–water partition coefficient (Wildman–Crippen LogP) is 2.41. The molecule has 4 rings (SSSR count). The van der Waals surface area contributed by atoms with E-state index in [1.54, 1.807) is 6.92 Å². The number of nitrogens with one attached hydrogen (secondary N) is 1. The van der Waals surface area contributed by atoms with Crippen LogP contribution in [0, 0.1) is 12.3 Å². The molecular weight excluding hydrogens is 422 g/mol. The van der Waals surface area contributed by atoms with E-state index in [9.17, 15) is 9.59 Å². The van der Waals surface area contributed by atoms with E-state index in [1.807, 2.05) is 60.7 Å². The van der Waals surface area contributed by atoms with Crippen LogP contribution in [-0.2, 0) is 30.2 Å². The number of terminal acetylenes is 1. The van der Waals surface area contributed by atoms with Crippen molar-refractivity contribution in [2.45, 2.75) is 37.4 Å². The normalized spacial score (nSPS) is 24.2. The summed E-state index contributed by atoms with van der Waals surface area (Å²) in [5.74, 6) is 0.0972. The van der Waals surface area contributed by atoms with Gasteiger partial charge in [0.1, 0.15) is 17.4 Å². The first kappa shape index (κ1) is 22.6. The maximum atomic E-state index is 13.0. The maximum Gasteiger partial charge on any atom is 0.339 e. The zero-order chi connectivity index (χ0) is 23.4. The minimum Gasteiger partial charge on any atom is -0.484 e. The first-order chi connectivity index (χ1) is 16.0. The Morgan fingerprint density at radius 3 is 2.42 bits per heavy atom. The molecule has 2 bridgehead atoms. The van der Waals surface area contributed by atoms with E-state index in [-0.39, 0.29) is 17.7 Å². The number of methoxy groups -OCH3 is 1. The third-order valence-electron chi connectivity index (χ3n) is 5.69. The number of hydrogen-bond acceptors (Lipinski definition) is 6. The maximum absolute atomic E-state index is 13.0. The van der Waals surface area contributed by atoms with E-state index in [0.717, 1.165) is 5.56 Å². The summed E-state index contributed by atoms with van der Waals surface area (Å²) in [5, 5.41) is 2.63. The number of rotatable bonds is 8. The van der Waals surface area contributed by atoms with Gasteiger partial charge in [-0.05, 0) is 24.6 Å². The molecule has 4 unspecified atom stereocenters. The third-order valence-corrected chi connectivity index (χ3v) is 5.69. The lowest BCUT2D eigenvalue weighted by molar-refractivity contribution is -0.195. The van der Waals surface area contributed by atoms with Gasteiger partial charge in [0.25, 0.3) is 5.91 Å². The molecule has 0 aliphatic carbocycles. The van der Waals surface area contributed by atoms with Crippen molar-refractivity contribution in [3.05, 3.63) is 77.4 Å². The SMILES string of the molecule is C#CCNC(=O)C1=C(C(=O)OC)C2(C(Cc3ccccc3)Oc3ccccc3)OC(C)C1O2. The Morgan fingerprint density at radius 1 is 1.12 bits per heavy atom. The number of ether oxygens (including phenoxy) is 4. The number of para-hydroxylation sites is 1. The molecule has 2 heterocycles. The minimum absolute atomic E-state index is 0.000478. The van der Waals surface area contributed by atoms with Crippen LogP contribution in [0.5, 0.6) is 5.75 Å². The van der Waals surface area contributed by atoms with Crippen molar-refractivity contribution in [1.82, 2.24) is 5.32 Å². The molecule has 0 aromatic heterocycles. The van der Waals surface area contributed by atoms with Crippen molar-refractivity contribution in [3.63, 3.8) is 0 Å². The van der Waals surface area contributed by atoms with Crippen molar-refractivity contribution in [1.29, 1.82) is 0 Å². The fourth-order valence-corrected chi connectivity index (χ4v) is 4.27. The topological polar surface area (TPSA) is 83.1 Å². The number of esters is 1. The first-order valence-corrected chi connectivity index (χ1v) is 10.7. The molecule has 1 N–H and O–H groups in total. The quantitative estimate of drug-likeness (QED) is 0.494. The monoisotopic (exact) mass is 447 g/mol. The van der Waals surface area contributed by atoms with E-state index in [4.69, 9.17) is 25.4 Å². The van der Waals surface area contributed by atoms with Crippen LogP contribution in [0.2, 0.25) is 0 Å². The lowest BCUT2D eigenvalue weighted by Crippen LogP contribution is -2.52. The molecule has 1 amide bonds. The van der Waals surface area contributed by atoms with Crippen LogP contribution in [0.1, 0.15) is 12.5 Å². The summed E-state index contributed by atoms with van der Waals surface area (Å²) in [6.45, 7) is 1.80. The van der Waals surface area contributed by atoms with Gasteiger partial charge in [-0.25, -0.2) is 4.79 Å². The summed E-state index contributed by atoms with van der Waals surface area (Å²) in [4.78, 5) is 26.0. The Hall–Kier alpha value is -3.60. The second-order valence-electron chi connectivity index (χ2n) is 7.81. The van der Waals surface area contributed by atoms with E-state index < -0.39 is 36.0 Å². The van der Waals surface area contributed by atoms with Crippen LogP contribution in [-0.4, -0.2) is 49.6 Å². The summed E-state index contributed by atoms with van der Waals surface area (Å²) >= 11 is 0. The average Bonchev–Trinajstić information content (AvgIpc) is 3.36. The minimum atomic E-state index is -1.63. The third kappa shape index (κ3) is 4.23. The number of fused-ring (bicyclic) bond motifs is 2. The lowest BCUT2D eigenvalue weighted by Gasteiger charge is -2.36. The average molecular weight is 447 g/mol. The molecule has 2 aromatic rings. The number of carbonyl (C=O) groups is 2. The predicted molar refractivity (Wildman–Crippen MR) is 120 cm³/mol. The number of benzene rings is 2. The van der Waals surface area contributed by atoms with Crippen LogP contribution in [0.25, 0.3) is 0 Å². The fraction of sp³-hybridized carbons (Fsp3) is 0.308. The second-order valence-corrected chi connectivity index (χ2v) is 7.81. The molecule has 2 aliphatic heterocycles. The molecule has 7 heteroatoms. The highest BCUT2D eigenvalue weighted by molar-refractivity contribution is 6.06. The highest BCUT2D eigenvalue weighted by Crippen LogP contribution is 2.50. The molecule has 2 aromatic carbocycles. The summed E-state index contributed by atoms with van der Waals surface area (Å²) < 4.78 is 23.9. The summed E-state index contributed by atoms with van der Waals surface area (Å²) in [5.41, 5.74) is 1.11. The molecule has 33 heavy (non-hydrogen) atoms. The van der Waals surface area contributed by atoms with Crippen LogP contribution in [0.3, 0.4) is 0 Å². The van der Waals surface area contributed by atoms with Gasteiger partial charge >= 0.3 is 5.97 Å². The first-order valence-electron chi connectivity index (χ1n) is 10.7. The molecular formula is C26H25NO6. The van der Waals surface area contributed by atoms with Crippen LogP contribution < -0.4 is 10.1 Å². The Labute approximate surface area is 192 Å². The van der Waals surface area contributed by atoms with E-state index >= 15 is 0 Å². The second kappa shape index (κ2) is 9.49. The number of carbonyl (C=O) groups excluding carboxylic acids is 2. The molecule has 0 radical (unpaired) electrons. The zero-order valence-corrected chi connectivity index (χ0v) is 18.4. The summed E-state index contributed by atoms with van der Waals surface area (Å²) in [6.07, 6.45) is 3.60. The van der Waals surface area contributed by atoms with Gasteiger partial charge in [0.05, 0.1) is 25.3 Å². The van der Waals surface area contributed by atoms with Crippen molar-refractivity contribution in [3.8, 4) is 18.1 Å². The molecule has 0 spiro atoms. The zero-order valence-electron chi connectivity index (χ0n) is 18.4. The van der Waals surface area contributed by atoms with Gasteiger partial charge in [0.2, 0.25) is 5.79 Å². The number of hydrogen-bond donors (Lipinski definition) is 1. The van der Waals surface area contributed by atoms with Gasteiger partial charge in [-0.1, -0.05) is 54.5 Å². The van der Waals surface area contributed by atoms with Crippen molar-refractivity contribution in [2.24, 2.45) is 0 Å². The van der Waals surface area contributed by atoms with Crippen molar-refractivity contribution < 1.29 is 28.5 Å². The van der Waals surface area contributed by atoms with Crippen LogP contribution in [0.4, 0.5) is 0 Å². The van der Waals surface area contributed by atoms with Gasteiger partial charge < -0.3 is 24.3 Å². The van der Waals surface area contributed by atoms with Gasteiger partial charge in [-0.3, -0.25) is 4.79 Å². The van der Waals surface area contributed by atoms with Gasteiger partial charge in [0, 0.05) is 6.42 Å². The summed E-state index contributed by atoms with van der Waals surface area (Å²) in [6, 6.07) is 18.8. The van der Waals surface area contributed by atoms with Crippen LogP contribution >= 0.6 is 0 Å². The lowest BCUT2D eigenvalue weighted by atomic mass is 9.88. The molecule has 2 aliphatic rings. The fourth-order valence-electron chi connectivity index (χ4n) is 4.27. The molecule has 7 nitrogen and oxygen atoms in total. The summed E-state index contributed by atoms with van der Waals surface area (Å²) in [7, 11) is 1.25. The number of amides is 1. The van der Waals surface area contributed by atoms with Gasteiger partial charge in [-0.15, -0.1) is 6.42 Å². The molecule has 0 saturated carbocycles. The van der Waals surface area contributed by atoms with E-state index in [2.05, 4.69) is 11.2 Å². The Balaban J connectivity index is 1.82. The van der Waals surface area contributed by atoms with Crippen molar-refractivity contribution in [2.75, 3.05) is 13.7 Å². The Morgan fingerprint density at radius 2 is 1.79 bits per heavy atom. The molecule has 170 valence electrons. The standard InChI is InChI=1S/C26H25NO6/c1-4-15-27-24(28)21-22(25(29)30-3)26(32-17(2)23(21)33-26)20(16-18-11-7-5-8-12-18)31-19-13-9-6-10-14-19/h1,5-14,17,20,23H,15-16H2,2-3H3,(H,27,28). The molecule has 1 fully saturated rings. The van der Waals surface area contributed by atoms with Gasteiger partial charge in [0.15, 0.2) is 6.10 Å². The highest BCUT2D eigenvalue weighted by atomic mass is 16.8. The molecule has 1 saturated heterocycles. The molecule has 4 atom stereocenters. The van der Waals surface area contributed by atoms with E-state index in [0.29, 0.717) is 12.2 Å². The Bertz CT molecular complexity index is 1050.